The monoisotopic (exact) mass is 201 g/mol. The summed E-state index contributed by atoms with van der Waals surface area (Å²) in [4.78, 5) is 9.91. The molecule has 0 atom stereocenters. The summed E-state index contributed by atoms with van der Waals surface area (Å²) in [5.74, 6) is 0. The minimum Gasteiger partial charge on any atom is -0.381 e. The molecule has 0 saturated heterocycles. The summed E-state index contributed by atoms with van der Waals surface area (Å²) >= 11 is 0. The third-order valence-corrected chi connectivity index (χ3v) is 2.09. The molecule has 0 aromatic heterocycles. The van der Waals surface area contributed by atoms with Crippen molar-refractivity contribution >= 4 is 6.41 Å². The number of ether oxygens (including phenoxy) is 1. The molecule has 0 heterocycles. The van der Waals surface area contributed by atoms with Crippen molar-refractivity contribution in [3.8, 4) is 0 Å². The molecular formula is C11H23NO2. The van der Waals surface area contributed by atoms with Crippen LogP contribution >= 0.6 is 0 Å². The molecule has 0 aromatic rings. The van der Waals surface area contributed by atoms with Crippen LogP contribution in [0.3, 0.4) is 0 Å². The highest BCUT2D eigenvalue weighted by atomic mass is 16.5. The summed E-state index contributed by atoms with van der Waals surface area (Å²) < 4.78 is 5.43. The molecule has 0 radical (unpaired) electrons. The Hall–Kier alpha value is -0.570. The van der Waals surface area contributed by atoms with Crippen molar-refractivity contribution in [1.82, 2.24) is 5.32 Å². The fourth-order valence-corrected chi connectivity index (χ4v) is 1.19. The van der Waals surface area contributed by atoms with Crippen LogP contribution in [-0.2, 0) is 9.53 Å². The summed E-state index contributed by atoms with van der Waals surface area (Å²) in [5.41, 5.74) is 0. The molecule has 1 amide bonds. The molecule has 0 aliphatic carbocycles. The number of amides is 1. The van der Waals surface area contributed by atoms with Gasteiger partial charge in [-0.25, -0.2) is 0 Å². The first-order valence-corrected chi connectivity index (χ1v) is 5.66. The number of rotatable bonds is 11. The van der Waals surface area contributed by atoms with E-state index >= 15 is 0 Å². The van der Waals surface area contributed by atoms with Gasteiger partial charge in [-0.2, -0.15) is 0 Å². The molecule has 84 valence electrons. The van der Waals surface area contributed by atoms with Gasteiger partial charge in [-0.1, -0.05) is 26.2 Å². The van der Waals surface area contributed by atoms with Gasteiger partial charge in [-0.15, -0.1) is 0 Å². The fourth-order valence-electron chi connectivity index (χ4n) is 1.19. The van der Waals surface area contributed by atoms with Crippen molar-refractivity contribution in [2.75, 3.05) is 19.8 Å². The van der Waals surface area contributed by atoms with Crippen molar-refractivity contribution in [1.29, 1.82) is 0 Å². The second-order valence-corrected chi connectivity index (χ2v) is 3.45. The van der Waals surface area contributed by atoms with E-state index in [1.807, 2.05) is 0 Å². The van der Waals surface area contributed by atoms with Crippen LogP contribution < -0.4 is 5.32 Å². The molecule has 14 heavy (non-hydrogen) atoms. The van der Waals surface area contributed by atoms with Gasteiger partial charge in [0.25, 0.3) is 0 Å². The lowest BCUT2D eigenvalue weighted by atomic mass is 10.2. The lowest BCUT2D eigenvalue weighted by Gasteiger charge is -2.03. The lowest BCUT2D eigenvalue weighted by Crippen LogP contribution is -2.11. The second kappa shape index (κ2) is 12.4. The molecule has 0 rings (SSSR count). The average Bonchev–Trinajstić information content (AvgIpc) is 2.21. The zero-order chi connectivity index (χ0) is 10.5. The number of carbonyl (C=O) groups is 1. The summed E-state index contributed by atoms with van der Waals surface area (Å²) in [5, 5.41) is 2.66. The van der Waals surface area contributed by atoms with Crippen LogP contribution in [0, 0.1) is 0 Å². The summed E-state index contributed by atoms with van der Waals surface area (Å²) in [6.07, 6.45) is 7.73. The molecule has 0 saturated carbocycles. The van der Waals surface area contributed by atoms with Crippen LogP contribution in [0.15, 0.2) is 0 Å². The Morgan fingerprint density at radius 2 is 1.79 bits per heavy atom. The highest BCUT2D eigenvalue weighted by molar-refractivity contribution is 5.45. The van der Waals surface area contributed by atoms with E-state index in [9.17, 15) is 4.79 Å². The second-order valence-electron chi connectivity index (χ2n) is 3.45. The van der Waals surface area contributed by atoms with Gasteiger partial charge in [0, 0.05) is 19.8 Å². The first kappa shape index (κ1) is 13.4. The van der Waals surface area contributed by atoms with Gasteiger partial charge in [0.1, 0.15) is 0 Å². The predicted octanol–water partition coefficient (Wildman–Crippen LogP) is 2.11. The first-order valence-electron chi connectivity index (χ1n) is 5.66. The standard InChI is InChI=1S/C11H23NO2/c1-2-3-9-14-10-7-5-4-6-8-12-11-13/h11H,2-10H2,1H3,(H,12,13). The minimum absolute atomic E-state index is 0.758. The summed E-state index contributed by atoms with van der Waals surface area (Å²) in [6, 6.07) is 0. The van der Waals surface area contributed by atoms with Crippen LogP contribution in [0.5, 0.6) is 0 Å². The Bertz CT molecular complexity index is 118. The first-order chi connectivity index (χ1) is 6.91. The number of hydrogen-bond acceptors (Lipinski definition) is 2. The molecular weight excluding hydrogens is 178 g/mol. The molecule has 3 nitrogen and oxygen atoms in total. The van der Waals surface area contributed by atoms with Crippen LogP contribution in [0.2, 0.25) is 0 Å². The largest absolute Gasteiger partial charge is 0.381 e. The lowest BCUT2D eigenvalue weighted by molar-refractivity contribution is -0.109. The van der Waals surface area contributed by atoms with E-state index in [1.54, 1.807) is 0 Å². The highest BCUT2D eigenvalue weighted by Crippen LogP contribution is 1.99. The fraction of sp³-hybridized carbons (Fsp3) is 0.909. The molecule has 0 fully saturated rings. The van der Waals surface area contributed by atoms with Crippen LogP contribution in [0.4, 0.5) is 0 Å². The molecule has 0 aromatic carbocycles. The Morgan fingerprint density at radius 1 is 1.07 bits per heavy atom. The molecule has 1 N–H and O–H groups in total. The van der Waals surface area contributed by atoms with E-state index in [4.69, 9.17) is 4.74 Å². The van der Waals surface area contributed by atoms with Gasteiger partial charge < -0.3 is 10.1 Å². The maximum Gasteiger partial charge on any atom is 0.207 e. The normalized spacial score (nSPS) is 10.1. The SMILES string of the molecule is CCCCOCCCCCCNC=O. The van der Waals surface area contributed by atoms with Crippen molar-refractivity contribution < 1.29 is 9.53 Å². The average molecular weight is 201 g/mol. The minimum atomic E-state index is 0.758. The Balaban J connectivity index is 2.81. The van der Waals surface area contributed by atoms with E-state index in [0.717, 1.165) is 39.0 Å². The number of nitrogens with one attached hydrogen (secondary N) is 1. The van der Waals surface area contributed by atoms with E-state index in [2.05, 4.69) is 12.2 Å². The Kier molecular flexibility index (Phi) is 11.9. The Labute approximate surface area is 87.2 Å². The van der Waals surface area contributed by atoms with Gasteiger partial charge in [-0.3, -0.25) is 4.79 Å². The van der Waals surface area contributed by atoms with Crippen LogP contribution in [0.25, 0.3) is 0 Å². The van der Waals surface area contributed by atoms with E-state index in [1.165, 1.54) is 25.7 Å². The smallest absolute Gasteiger partial charge is 0.207 e. The zero-order valence-electron chi connectivity index (χ0n) is 9.26. The summed E-state index contributed by atoms with van der Waals surface area (Å²) in [7, 11) is 0. The van der Waals surface area contributed by atoms with Crippen molar-refractivity contribution in [3.63, 3.8) is 0 Å². The van der Waals surface area contributed by atoms with Crippen LogP contribution in [0.1, 0.15) is 45.4 Å². The van der Waals surface area contributed by atoms with Gasteiger partial charge in [-0.05, 0) is 19.3 Å². The molecule has 0 aliphatic heterocycles. The quantitative estimate of drug-likeness (QED) is 0.411. The maximum absolute atomic E-state index is 9.91. The van der Waals surface area contributed by atoms with E-state index in [0.29, 0.717) is 0 Å². The van der Waals surface area contributed by atoms with Crippen LogP contribution in [-0.4, -0.2) is 26.2 Å². The van der Waals surface area contributed by atoms with Crippen molar-refractivity contribution in [3.05, 3.63) is 0 Å². The van der Waals surface area contributed by atoms with Gasteiger partial charge in [0.05, 0.1) is 0 Å². The van der Waals surface area contributed by atoms with E-state index < -0.39 is 0 Å². The number of unbranched alkanes of at least 4 members (excludes halogenated alkanes) is 4. The molecule has 0 unspecified atom stereocenters. The van der Waals surface area contributed by atoms with Gasteiger partial charge in [0.15, 0.2) is 0 Å². The highest BCUT2D eigenvalue weighted by Gasteiger charge is 1.90. The third kappa shape index (κ3) is 11.4. The number of carbonyl (C=O) groups excluding carboxylic acids is 1. The van der Waals surface area contributed by atoms with Crippen molar-refractivity contribution in [2.45, 2.75) is 45.4 Å². The topological polar surface area (TPSA) is 38.3 Å². The third-order valence-electron chi connectivity index (χ3n) is 2.09. The zero-order valence-corrected chi connectivity index (χ0v) is 9.26. The van der Waals surface area contributed by atoms with Gasteiger partial charge >= 0.3 is 0 Å². The van der Waals surface area contributed by atoms with Gasteiger partial charge in [0.2, 0.25) is 6.41 Å². The summed E-state index contributed by atoms with van der Waals surface area (Å²) in [6.45, 7) is 4.77. The molecule has 0 aliphatic rings. The molecule has 3 heteroatoms. The number of hydrogen-bond donors (Lipinski definition) is 1. The van der Waals surface area contributed by atoms with E-state index in [-0.39, 0.29) is 0 Å². The predicted molar refractivity (Wildman–Crippen MR) is 58.3 cm³/mol. The molecule has 0 spiro atoms. The maximum atomic E-state index is 9.91. The Morgan fingerprint density at radius 3 is 2.50 bits per heavy atom. The van der Waals surface area contributed by atoms with Crippen molar-refractivity contribution in [2.24, 2.45) is 0 Å². The molecule has 0 bridgehead atoms.